The molecule has 0 saturated carbocycles. The van der Waals surface area contributed by atoms with E-state index in [0.29, 0.717) is 17.4 Å². The van der Waals surface area contributed by atoms with Crippen molar-refractivity contribution in [2.45, 2.75) is 31.9 Å². The van der Waals surface area contributed by atoms with E-state index in [4.69, 9.17) is 4.74 Å². The van der Waals surface area contributed by atoms with Gasteiger partial charge in [-0.2, -0.15) is 10.2 Å². The molecule has 2 aromatic heterocycles. The average molecular weight is 423 g/mol. The number of nitrogens with one attached hydrogen (secondary N) is 2. The normalized spacial score (nSPS) is 16.0. The SMILES string of the molecule is C[C@@H](Oc1ccc2[nH]nc(-c3cnn(C4CCNCC4)c3)c2c1)c1cc(F)cc(F)c1. The zero-order valence-electron chi connectivity index (χ0n) is 17.1. The maximum Gasteiger partial charge on any atom is 0.126 e. The second kappa shape index (κ2) is 8.11. The Labute approximate surface area is 178 Å². The molecule has 8 heteroatoms. The third-order valence-electron chi connectivity index (χ3n) is 5.76. The number of ether oxygens (including phenoxy) is 1. The molecule has 160 valence electrons. The van der Waals surface area contributed by atoms with E-state index in [0.717, 1.165) is 54.2 Å². The maximum absolute atomic E-state index is 13.6. The Morgan fingerprint density at radius 2 is 1.87 bits per heavy atom. The Bertz CT molecular complexity index is 1190. The molecular weight excluding hydrogens is 400 g/mol. The number of benzene rings is 2. The van der Waals surface area contributed by atoms with Gasteiger partial charge in [-0.15, -0.1) is 0 Å². The quantitative estimate of drug-likeness (QED) is 0.485. The molecule has 3 heterocycles. The molecule has 5 rings (SSSR count). The number of nitrogens with zero attached hydrogens (tertiary/aromatic N) is 3. The van der Waals surface area contributed by atoms with Crippen molar-refractivity contribution in [1.82, 2.24) is 25.3 Å². The van der Waals surface area contributed by atoms with Crippen LogP contribution in [0.3, 0.4) is 0 Å². The van der Waals surface area contributed by atoms with Crippen molar-refractivity contribution in [3.63, 3.8) is 0 Å². The van der Waals surface area contributed by atoms with E-state index < -0.39 is 17.7 Å². The Morgan fingerprint density at radius 3 is 2.65 bits per heavy atom. The molecule has 31 heavy (non-hydrogen) atoms. The molecule has 2 aromatic carbocycles. The first kappa shape index (κ1) is 19.7. The molecule has 4 aromatic rings. The molecule has 0 unspecified atom stereocenters. The van der Waals surface area contributed by atoms with Gasteiger partial charge in [-0.05, 0) is 68.8 Å². The molecule has 1 saturated heterocycles. The van der Waals surface area contributed by atoms with Crippen molar-refractivity contribution in [3.8, 4) is 17.0 Å². The van der Waals surface area contributed by atoms with E-state index in [1.54, 1.807) is 6.92 Å². The topological polar surface area (TPSA) is 67.8 Å². The highest BCUT2D eigenvalue weighted by atomic mass is 19.1. The van der Waals surface area contributed by atoms with Gasteiger partial charge in [-0.1, -0.05) is 0 Å². The van der Waals surface area contributed by atoms with Gasteiger partial charge < -0.3 is 10.1 Å². The van der Waals surface area contributed by atoms with Gasteiger partial charge in [0.2, 0.25) is 0 Å². The van der Waals surface area contributed by atoms with Gasteiger partial charge in [0.25, 0.3) is 0 Å². The second-order valence-corrected chi connectivity index (χ2v) is 7.93. The molecule has 1 aliphatic heterocycles. The van der Waals surface area contributed by atoms with Gasteiger partial charge in [-0.25, -0.2) is 8.78 Å². The lowest BCUT2D eigenvalue weighted by Gasteiger charge is -2.22. The molecule has 1 aliphatic rings. The highest BCUT2D eigenvalue weighted by molar-refractivity contribution is 5.93. The zero-order valence-corrected chi connectivity index (χ0v) is 17.1. The number of aromatic nitrogens is 4. The minimum atomic E-state index is -0.621. The lowest BCUT2D eigenvalue weighted by Crippen LogP contribution is -2.29. The minimum Gasteiger partial charge on any atom is -0.486 e. The first-order valence-corrected chi connectivity index (χ1v) is 10.4. The predicted molar refractivity (Wildman–Crippen MR) is 114 cm³/mol. The summed E-state index contributed by atoms with van der Waals surface area (Å²) in [5.41, 5.74) is 3.04. The highest BCUT2D eigenvalue weighted by Crippen LogP contribution is 2.32. The summed E-state index contributed by atoms with van der Waals surface area (Å²) in [5.74, 6) is -0.648. The number of hydrogen-bond donors (Lipinski definition) is 2. The largest absolute Gasteiger partial charge is 0.486 e. The average Bonchev–Trinajstić information content (AvgIpc) is 3.40. The van der Waals surface area contributed by atoms with Crippen LogP contribution in [0.5, 0.6) is 5.75 Å². The Kier molecular flexibility index (Phi) is 5.15. The van der Waals surface area contributed by atoms with Gasteiger partial charge in [-0.3, -0.25) is 9.78 Å². The molecule has 0 radical (unpaired) electrons. The number of piperidine rings is 1. The lowest BCUT2D eigenvalue weighted by atomic mass is 10.1. The van der Waals surface area contributed by atoms with E-state index in [-0.39, 0.29) is 0 Å². The molecule has 6 nitrogen and oxygen atoms in total. The Balaban J connectivity index is 1.41. The molecule has 1 fully saturated rings. The summed E-state index contributed by atoms with van der Waals surface area (Å²) in [5, 5.41) is 16.4. The van der Waals surface area contributed by atoms with Crippen LogP contribution < -0.4 is 10.1 Å². The molecule has 0 spiro atoms. The van der Waals surface area contributed by atoms with Crippen LogP contribution in [0.1, 0.15) is 37.5 Å². The third-order valence-corrected chi connectivity index (χ3v) is 5.76. The van der Waals surface area contributed by atoms with Crippen LogP contribution in [0.25, 0.3) is 22.2 Å². The summed E-state index contributed by atoms with van der Waals surface area (Å²) in [4.78, 5) is 0. The number of rotatable bonds is 5. The summed E-state index contributed by atoms with van der Waals surface area (Å²) in [6.45, 7) is 3.76. The van der Waals surface area contributed by atoms with Crippen LogP contribution in [0.2, 0.25) is 0 Å². The van der Waals surface area contributed by atoms with Crippen LogP contribution in [-0.4, -0.2) is 33.1 Å². The van der Waals surface area contributed by atoms with Crippen molar-refractivity contribution in [1.29, 1.82) is 0 Å². The van der Waals surface area contributed by atoms with Gasteiger partial charge in [0.15, 0.2) is 0 Å². The van der Waals surface area contributed by atoms with E-state index in [1.807, 2.05) is 35.3 Å². The van der Waals surface area contributed by atoms with Crippen LogP contribution in [0.15, 0.2) is 48.8 Å². The molecule has 0 bridgehead atoms. The minimum absolute atomic E-state index is 0.395. The molecule has 0 aliphatic carbocycles. The van der Waals surface area contributed by atoms with Crippen molar-refractivity contribution >= 4 is 10.9 Å². The van der Waals surface area contributed by atoms with Gasteiger partial charge in [0.1, 0.15) is 29.2 Å². The zero-order chi connectivity index (χ0) is 21.4. The first-order chi connectivity index (χ1) is 15.1. The van der Waals surface area contributed by atoms with Crippen LogP contribution >= 0.6 is 0 Å². The van der Waals surface area contributed by atoms with Crippen molar-refractivity contribution in [3.05, 3.63) is 66.0 Å². The van der Waals surface area contributed by atoms with Crippen LogP contribution in [0, 0.1) is 11.6 Å². The standard InChI is InChI=1S/C23H23F2N5O/c1-14(15-8-17(24)10-18(25)9-15)31-20-2-3-22-21(11-20)23(29-28-22)16-12-27-30(13-16)19-4-6-26-7-5-19/h2-3,8-14,19,26H,4-7H2,1H3,(H,28,29)/t14-/m1/s1. The number of aromatic amines is 1. The van der Waals surface area contributed by atoms with E-state index >= 15 is 0 Å². The monoisotopic (exact) mass is 423 g/mol. The second-order valence-electron chi connectivity index (χ2n) is 7.93. The summed E-state index contributed by atoms with van der Waals surface area (Å²) in [6.07, 6.45) is 5.47. The summed E-state index contributed by atoms with van der Waals surface area (Å²) in [6, 6.07) is 9.40. The van der Waals surface area contributed by atoms with Crippen LogP contribution in [0.4, 0.5) is 8.78 Å². The number of H-pyrrole nitrogens is 1. The van der Waals surface area contributed by atoms with Gasteiger partial charge in [0.05, 0.1) is 17.8 Å². The van der Waals surface area contributed by atoms with Gasteiger partial charge in [0, 0.05) is 23.2 Å². The number of fused-ring (bicyclic) bond motifs is 1. The molecular formula is C23H23F2N5O. The van der Waals surface area contributed by atoms with Crippen molar-refractivity contribution in [2.75, 3.05) is 13.1 Å². The fraction of sp³-hybridized carbons (Fsp3) is 0.304. The summed E-state index contributed by atoms with van der Waals surface area (Å²) >= 11 is 0. The summed E-state index contributed by atoms with van der Waals surface area (Å²) in [7, 11) is 0. The maximum atomic E-state index is 13.6. The van der Waals surface area contributed by atoms with E-state index in [1.165, 1.54) is 12.1 Å². The number of hydrogen-bond acceptors (Lipinski definition) is 4. The number of halogens is 2. The third kappa shape index (κ3) is 4.03. The molecule has 0 amide bonds. The molecule has 1 atom stereocenters. The van der Waals surface area contributed by atoms with Gasteiger partial charge >= 0.3 is 0 Å². The summed E-state index contributed by atoms with van der Waals surface area (Å²) < 4.78 is 35.1. The smallest absolute Gasteiger partial charge is 0.126 e. The van der Waals surface area contributed by atoms with Crippen LogP contribution in [-0.2, 0) is 0 Å². The lowest BCUT2D eigenvalue weighted by molar-refractivity contribution is 0.226. The van der Waals surface area contributed by atoms with E-state index in [9.17, 15) is 8.78 Å². The first-order valence-electron chi connectivity index (χ1n) is 10.4. The fourth-order valence-electron chi connectivity index (χ4n) is 4.10. The predicted octanol–water partition coefficient (Wildman–Crippen LogP) is 4.77. The molecule has 2 N–H and O–H groups in total. The van der Waals surface area contributed by atoms with Crippen molar-refractivity contribution < 1.29 is 13.5 Å². The highest BCUT2D eigenvalue weighted by Gasteiger charge is 2.18. The van der Waals surface area contributed by atoms with Crippen molar-refractivity contribution in [2.24, 2.45) is 0 Å². The Hall–Kier alpha value is -3.26. The Morgan fingerprint density at radius 1 is 1.10 bits per heavy atom. The van der Waals surface area contributed by atoms with E-state index in [2.05, 4.69) is 20.6 Å². The fourth-order valence-corrected chi connectivity index (χ4v) is 4.10.